The molecule has 0 spiro atoms. The van der Waals surface area contributed by atoms with E-state index >= 15 is 0 Å². The lowest BCUT2D eigenvalue weighted by molar-refractivity contribution is -0.135. The Morgan fingerprint density at radius 2 is 1.89 bits per heavy atom. The average Bonchev–Trinajstić information content (AvgIpc) is 3.32. The van der Waals surface area contributed by atoms with Crippen molar-refractivity contribution in [3.8, 4) is 5.75 Å². The number of aromatic nitrogens is 3. The number of methoxy groups -OCH3 is 1. The van der Waals surface area contributed by atoms with Crippen LogP contribution in [0.4, 0.5) is 0 Å². The molecule has 4 aromatic rings. The Bertz CT molecular complexity index is 1470. The monoisotopic (exact) mass is 487 g/mol. The van der Waals surface area contributed by atoms with E-state index in [9.17, 15) is 14.4 Å². The summed E-state index contributed by atoms with van der Waals surface area (Å²) in [6.45, 7) is 1.62. The molecule has 36 heavy (non-hydrogen) atoms. The minimum absolute atomic E-state index is 0.0388. The number of carbonyl (C=O) groups excluding carboxylic acids is 2. The summed E-state index contributed by atoms with van der Waals surface area (Å²) in [5, 5.41) is 12.0. The topological polar surface area (TPSA) is 120 Å². The summed E-state index contributed by atoms with van der Waals surface area (Å²) in [5.74, 6) is 0.692. The van der Waals surface area contributed by atoms with E-state index in [4.69, 9.17) is 4.74 Å². The van der Waals surface area contributed by atoms with Crippen molar-refractivity contribution in [3.63, 3.8) is 0 Å². The summed E-state index contributed by atoms with van der Waals surface area (Å²) in [5.41, 5.74) is 2.46. The molecule has 2 aromatic carbocycles. The fourth-order valence-corrected chi connectivity index (χ4v) is 4.92. The van der Waals surface area contributed by atoms with Gasteiger partial charge in [0.15, 0.2) is 0 Å². The standard InChI is InChI=1S/C27H29N5O4/c1-36-19-6-7-20-18(16-29-23(20)14-19)8-11-28-26(34)17-9-12-32(13-10-17)25(33)15-24-21-4-2-3-5-22(21)27(35)31-30-24/h2-7,14,16-17,29H,8-13,15H2,1H3,(H,28,34)(H,31,35). The number of likely N-dealkylation sites (tertiary alicyclic amines) is 1. The van der Waals surface area contributed by atoms with Crippen molar-refractivity contribution in [3.05, 3.63) is 70.3 Å². The molecule has 2 amide bonds. The van der Waals surface area contributed by atoms with Gasteiger partial charge in [0.2, 0.25) is 11.8 Å². The number of hydrogen-bond acceptors (Lipinski definition) is 5. The minimum Gasteiger partial charge on any atom is -0.497 e. The van der Waals surface area contributed by atoms with Crippen molar-refractivity contribution in [2.45, 2.75) is 25.7 Å². The molecule has 2 aromatic heterocycles. The minimum atomic E-state index is -0.265. The van der Waals surface area contributed by atoms with Crippen LogP contribution in [-0.4, -0.2) is 58.6 Å². The summed E-state index contributed by atoms with van der Waals surface area (Å²) in [6.07, 6.45) is 4.08. The van der Waals surface area contributed by atoms with Crippen molar-refractivity contribution in [1.82, 2.24) is 25.4 Å². The van der Waals surface area contributed by atoms with Gasteiger partial charge in [0, 0.05) is 54.1 Å². The van der Waals surface area contributed by atoms with Gasteiger partial charge in [0.05, 0.1) is 24.6 Å². The zero-order valence-electron chi connectivity index (χ0n) is 20.2. The Kier molecular flexibility index (Phi) is 6.71. The van der Waals surface area contributed by atoms with Crippen LogP contribution in [0.2, 0.25) is 0 Å². The number of nitrogens with zero attached hydrogens (tertiary/aromatic N) is 2. The van der Waals surface area contributed by atoms with Crippen molar-refractivity contribution >= 4 is 33.5 Å². The number of piperidine rings is 1. The molecular weight excluding hydrogens is 458 g/mol. The predicted molar refractivity (Wildman–Crippen MR) is 137 cm³/mol. The first-order valence-electron chi connectivity index (χ1n) is 12.2. The van der Waals surface area contributed by atoms with Gasteiger partial charge in [0.25, 0.3) is 5.56 Å². The highest BCUT2D eigenvalue weighted by Crippen LogP contribution is 2.24. The number of ether oxygens (including phenoxy) is 1. The summed E-state index contributed by atoms with van der Waals surface area (Å²) in [6, 6.07) is 13.1. The molecule has 5 rings (SSSR count). The van der Waals surface area contributed by atoms with Crippen LogP contribution in [-0.2, 0) is 22.4 Å². The molecule has 0 atom stereocenters. The van der Waals surface area contributed by atoms with E-state index in [-0.39, 0.29) is 29.7 Å². The number of H-pyrrole nitrogens is 2. The van der Waals surface area contributed by atoms with Crippen LogP contribution in [0.3, 0.4) is 0 Å². The smallest absolute Gasteiger partial charge is 0.272 e. The molecule has 1 aliphatic rings. The lowest BCUT2D eigenvalue weighted by Gasteiger charge is -2.31. The van der Waals surface area contributed by atoms with Crippen LogP contribution in [0.25, 0.3) is 21.7 Å². The number of fused-ring (bicyclic) bond motifs is 2. The first-order valence-corrected chi connectivity index (χ1v) is 12.2. The van der Waals surface area contributed by atoms with Crippen molar-refractivity contribution in [1.29, 1.82) is 0 Å². The number of carbonyl (C=O) groups is 2. The van der Waals surface area contributed by atoms with E-state index < -0.39 is 0 Å². The predicted octanol–water partition coefficient (Wildman–Crippen LogP) is 2.55. The number of amides is 2. The lowest BCUT2D eigenvalue weighted by atomic mass is 9.95. The number of aromatic amines is 2. The van der Waals surface area contributed by atoms with E-state index in [0.717, 1.165) is 28.6 Å². The average molecular weight is 488 g/mol. The molecule has 3 N–H and O–H groups in total. The molecule has 0 bridgehead atoms. The van der Waals surface area contributed by atoms with Crippen molar-refractivity contribution in [2.24, 2.45) is 5.92 Å². The van der Waals surface area contributed by atoms with Gasteiger partial charge in [-0.3, -0.25) is 14.4 Å². The maximum absolute atomic E-state index is 12.9. The fourth-order valence-electron chi connectivity index (χ4n) is 4.92. The normalized spacial score (nSPS) is 14.3. The Morgan fingerprint density at radius 3 is 2.67 bits per heavy atom. The lowest BCUT2D eigenvalue weighted by Crippen LogP contribution is -2.44. The second-order valence-corrected chi connectivity index (χ2v) is 9.14. The third-order valence-electron chi connectivity index (χ3n) is 6.98. The van der Waals surface area contributed by atoms with Crippen LogP contribution in [0.1, 0.15) is 24.1 Å². The van der Waals surface area contributed by atoms with E-state index in [0.29, 0.717) is 48.9 Å². The molecule has 0 saturated carbocycles. The highest BCUT2D eigenvalue weighted by atomic mass is 16.5. The van der Waals surface area contributed by atoms with Gasteiger partial charge in [-0.25, -0.2) is 5.10 Å². The molecule has 1 aliphatic heterocycles. The zero-order valence-corrected chi connectivity index (χ0v) is 20.2. The van der Waals surface area contributed by atoms with Gasteiger partial charge in [-0.1, -0.05) is 18.2 Å². The number of hydrogen-bond donors (Lipinski definition) is 3. The molecule has 0 unspecified atom stereocenters. The van der Waals surface area contributed by atoms with E-state index in [1.54, 1.807) is 24.1 Å². The molecule has 1 fully saturated rings. The zero-order chi connectivity index (χ0) is 25.1. The van der Waals surface area contributed by atoms with Crippen LogP contribution < -0.4 is 15.6 Å². The number of nitrogens with one attached hydrogen (secondary N) is 3. The second kappa shape index (κ2) is 10.2. The van der Waals surface area contributed by atoms with E-state index in [1.807, 2.05) is 36.5 Å². The molecule has 0 aliphatic carbocycles. The molecule has 9 nitrogen and oxygen atoms in total. The van der Waals surface area contributed by atoms with Crippen LogP contribution in [0.5, 0.6) is 5.75 Å². The maximum Gasteiger partial charge on any atom is 0.272 e. The fraction of sp³-hybridized carbons (Fsp3) is 0.333. The van der Waals surface area contributed by atoms with Gasteiger partial charge in [0.1, 0.15) is 5.75 Å². The summed E-state index contributed by atoms with van der Waals surface area (Å²) in [4.78, 5) is 42.7. The number of benzene rings is 2. The molecule has 3 heterocycles. The van der Waals surface area contributed by atoms with Gasteiger partial charge >= 0.3 is 0 Å². The molecule has 0 radical (unpaired) electrons. The molecule has 1 saturated heterocycles. The van der Waals surface area contributed by atoms with Gasteiger partial charge in [-0.2, -0.15) is 5.10 Å². The third-order valence-corrected chi connectivity index (χ3v) is 6.98. The Labute approximate surface area is 207 Å². The van der Waals surface area contributed by atoms with Crippen molar-refractivity contribution < 1.29 is 14.3 Å². The number of rotatable bonds is 7. The van der Waals surface area contributed by atoms with Crippen molar-refractivity contribution in [2.75, 3.05) is 26.7 Å². The largest absolute Gasteiger partial charge is 0.497 e. The van der Waals surface area contributed by atoms with Crippen LogP contribution in [0, 0.1) is 5.92 Å². The maximum atomic E-state index is 12.9. The summed E-state index contributed by atoms with van der Waals surface area (Å²) >= 11 is 0. The summed E-state index contributed by atoms with van der Waals surface area (Å²) in [7, 11) is 1.65. The highest BCUT2D eigenvalue weighted by Gasteiger charge is 2.27. The summed E-state index contributed by atoms with van der Waals surface area (Å²) < 4.78 is 5.27. The Morgan fingerprint density at radius 1 is 1.11 bits per heavy atom. The van der Waals surface area contributed by atoms with E-state index in [1.165, 1.54) is 0 Å². The third kappa shape index (κ3) is 4.82. The molecule has 186 valence electrons. The van der Waals surface area contributed by atoms with Gasteiger partial charge < -0.3 is 19.9 Å². The SMILES string of the molecule is COc1ccc2c(CCNC(=O)C3CCN(C(=O)Cc4n[nH]c(=O)c5ccccc45)CC3)c[nH]c2c1. The second-order valence-electron chi connectivity index (χ2n) is 9.14. The van der Waals surface area contributed by atoms with Gasteiger partial charge in [-0.05, 0) is 43.0 Å². The molecule has 9 heteroatoms. The molecular formula is C27H29N5O4. The van der Waals surface area contributed by atoms with Crippen LogP contribution >= 0.6 is 0 Å². The van der Waals surface area contributed by atoms with E-state index in [2.05, 4.69) is 20.5 Å². The quantitative estimate of drug-likeness (QED) is 0.370. The van der Waals surface area contributed by atoms with Crippen LogP contribution in [0.15, 0.2) is 53.5 Å². The van der Waals surface area contributed by atoms with Gasteiger partial charge in [-0.15, -0.1) is 0 Å². The first-order chi connectivity index (χ1) is 17.5. The Hall–Kier alpha value is -4.14. The first kappa shape index (κ1) is 23.6. The Balaban J connectivity index is 1.11. The highest BCUT2D eigenvalue weighted by molar-refractivity contribution is 5.88.